The van der Waals surface area contributed by atoms with Crippen LogP contribution < -0.4 is 15.4 Å². The first-order chi connectivity index (χ1) is 13.1. The number of hydrogen-bond acceptors (Lipinski definition) is 4. The van der Waals surface area contributed by atoms with E-state index in [1.807, 2.05) is 0 Å². The van der Waals surface area contributed by atoms with Gasteiger partial charge in [0, 0.05) is 18.8 Å². The third-order valence-electron chi connectivity index (χ3n) is 4.23. The third kappa shape index (κ3) is 5.72. The second-order valence-electron chi connectivity index (χ2n) is 6.28. The molecule has 0 aromatic heterocycles. The quantitative estimate of drug-likeness (QED) is 0.695. The van der Waals surface area contributed by atoms with Crippen LogP contribution in [0.3, 0.4) is 0 Å². The van der Waals surface area contributed by atoms with Crippen LogP contribution in [-0.4, -0.2) is 36.4 Å². The Balaban J connectivity index is 1.42. The van der Waals surface area contributed by atoms with Gasteiger partial charge in [0.1, 0.15) is 12.4 Å². The van der Waals surface area contributed by atoms with Crippen LogP contribution in [0, 0.1) is 0 Å². The topological polar surface area (TPSA) is 96.9 Å². The van der Waals surface area contributed by atoms with Crippen molar-refractivity contribution in [3.8, 4) is 5.75 Å². The molecule has 1 saturated heterocycles. The molecule has 3 N–H and O–H groups in total. The minimum absolute atomic E-state index is 0.165. The SMILES string of the molecule is O=C(NCc1ccc(C(=O)O)cc1)Nc1ccc(OCC2CCCO2)cc1. The Hall–Kier alpha value is -3.06. The van der Waals surface area contributed by atoms with Crippen LogP contribution in [-0.2, 0) is 11.3 Å². The highest BCUT2D eigenvalue weighted by Gasteiger charge is 2.15. The first-order valence-corrected chi connectivity index (χ1v) is 8.82. The van der Waals surface area contributed by atoms with E-state index < -0.39 is 5.97 Å². The number of amides is 2. The average Bonchev–Trinajstić information content (AvgIpc) is 3.20. The van der Waals surface area contributed by atoms with Crippen LogP contribution in [0.25, 0.3) is 0 Å². The fourth-order valence-corrected chi connectivity index (χ4v) is 2.72. The molecule has 0 saturated carbocycles. The Morgan fingerprint density at radius 3 is 2.48 bits per heavy atom. The van der Waals surface area contributed by atoms with Crippen LogP contribution >= 0.6 is 0 Å². The smallest absolute Gasteiger partial charge is 0.335 e. The number of hydrogen-bond donors (Lipinski definition) is 3. The van der Waals surface area contributed by atoms with Gasteiger partial charge < -0.3 is 25.2 Å². The van der Waals surface area contributed by atoms with Crippen molar-refractivity contribution in [2.75, 3.05) is 18.5 Å². The van der Waals surface area contributed by atoms with Gasteiger partial charge in [-0.25, -0.2) is 9.59 Å². The van der Waals surface area contributed by atoms with Crippen molar-refractivity contribution in [1.82, 2.24) is 5.32 Å². The van der Waals surface area contributed by atoms with Crippen molar-refractivity contribution >= 4 is 17.7 Å². The fraction of sp³-hybridized carbons (Fsp3) is 0.300. The molecule has 0 bridgehead atoms. The monoisotopic (exact) mass is 370 g/mol. The molecular weight excluding hydrogens is 348 g/mol. The summed E-state index contributed by atoms with van der Waals surface area (Å²) in [7, 11) is 0. The van der Waals surface area contributed by atoms with Gasteiger partial charge in [0.25, 0.3) is 0 Å². The molecule has 2 aromatic rings. The molecule has 1 unspecified atom stereocenters. The Kier molecular flexibility index (Phi) is 6.27. The van der Waals surface area contributed by atoms with E-state index in [0.717, 1.165) is 30.8 Å². The van der Waals surface area contributed by atoms with E-state index in [1.165, 1.54) is 12.1 Å². The standard InChI is InChI=1S/C20H22N2O5/c23-19(24)15-5-3-14(4-6-15)12-21-20(25)22-16-7-9-17(10-8-16)27-13-18-2-1-11-26-18/h3-10,18H,1-2,11-13H2,(H,23,24)(H2,21,22,25). The highest BCUT2D eigenvalue weighted by atomic mass is 16.5. The highest BCUT2D eigenvalue weighted by Crippen LogP contribution is 2.18. The largest absolute Gasteiger partial charge is 0.491 e. The maximum absolute atomic E-state index is 12.0. The van der Waals surface area contributed by atoms with E-state index in [0.29, 0.717) is 18.8 Å². The van der Waals surface area contributed by atoms with Gasteiger partial charge in [-0.2, -0.15) is 0 Å². The number of anilines is 1. The van der Waals surface area contributed by atoms with Crippen molar-refractivity contribution < 1.29 is 24.2 Å². The minimum Gasteiger partial charge on any atom is -0.491 e. The van der Waals surface area contributed by atoms with Gasteiger partial charge >= 0.3 is 12.0 Å². The summed E-state index contributed by atoms with van der Waals surface area (Å²) in [5, 5.41) is 14.3. The molecular formula is C20H22N2O5. The molecule has 1 aliphatic rings. The molecule has 142 valence electrons. The van der Waals surface area contributed by atoms with E-state index in [1.54, 1.807) is 36.4 Å². The number of carboxylic acids is 1. The van der Waals surface area contributed by atoms with Crippen LogP contribution in [0.5, 0.6) is 5.75 Å². The molecule has 1 fully saturated rings. The summed E-state index contributed by atoms with van der Waals surface area (Å²) in [4.78, 5) is 22.8. The zero-order valence-corrected chi connectivity index (χ0v) is 14.8. The van der Waals surface area contributed by atoms with Crippen molar-refractivity contribution in [1.29, 1.82) is 0 Å². The lowest BCUT2D eigenvalue weighted by atomic mass is 10.1. The van der Waals surface area contributed by atoms with E-state index in [4.69, 9.17) is 14.6 Å². The van der Waals surface area contributed by atoms with Gasteiger partial charge in [-0.3, -0.25) is 0 Å². The Bertz CT molecular complexity index is 768. The lowest BCUT2D eigenvalue weighted by Crippen LogP contribution is -2.28. The molecule has 7 heteroatoms. The number of carbonyl (C=O) groups is 2. The molecule has 1 atom stereocenters. The van der Waals surface area contributed by atoms with Gasteiger partial charge in [0.2, 0.25) is 0 Å². The number of nitrogens with one attached hydrogen (secondary N) is 2. The maximum atomic E-state index is 12.0. The fourth-order valence-electron chi connectivity index (χ4n) is 2.72. The number of rotatable bonds is 7. The second kappa shape index (κ2) is 9.05. The zero-order chi connectivity index (χ0) is 19.1. The number of urea groups is 1. The summed E-state index contributed by atoms with van der Waals surface area (Å²) < 4.78 is 11.2. The first kappa shape index (κ1) is 18.7. The summed E-state index contributed by atoms with van der Waals surface area (Å²) in [6, 6.07) is 13.2. The number of carboxylic acid groups (broad SMARTS) is 1. The molecule has 2 aromatic carbocycles. The molecule has 1 heterocycles. The van der Waals surface area contributed by atoms with Crippen LogP contribution in [0.1, 0.15) is 28.8 Å². The molecule has 27 heavy (non-hydrogen) atoms. The van der Waals surface area contributed by atoms with Gasteiger partial charge in [0.05, 0.1) is 11.7 Å². The molecule has 3 rings (SSSR count). The van der Waals surface area contributed by atoms with Crippen molar-refractivity contribution in [2.24, 2.45) is 0 Å². The Morgan fingerprint density at radius 2 is 1.85 bits per heavy atom. The highest BCUT2D eigenvalue weighted by molar-refractivity contribution is 5.89. The van der Waals surface area contributed by atoms with Gasteiger partial charge in [0.15, 0.2) is 0 Å². The summed E-state index contributed by atoms with van der Waals surface area (Å²) >= 11 is 0. The Labute approximate surface area is 157 Å². The molecule has 1 aliphatic heterocycles. The number of carbonyl (C=O) groups excluding carboxylic acids is 1. The van der Waals surface area contributed by atoms with E-state index >= 15 is 0 Å². The number of benzene rings is 2. The van der Waals surface area contributed by atoms with Gasteiger partial charge in [-0.15, -0.1) is 0 Å². The minimum atomic E-state index is -0.976. The third-order valence-corrected chi connectivity index (χ3v) is 4.23. The zero-order valence-electron chi connectivity index (χ0n) is 14.8. The van der Waals surface area contributed by atoms with E-state index in [2.05, 4.69) is 10.6 Å². The van der Waals surface area contributed by atoms with E-state index in [-0.39, 0.29) is 17.7 Å². The molecule has 2 amide bonds. The Morgan fingerprint density at radius 1 is 1.11 bits per heavy atom. The average molecular weight is 370 g/mol. The summed E-state index contributed by atoms with van der Waals surface area (Å²) in [6.45, 7) is 1.64. The van der Waals surface area contributed by atoms with Crippen LogP contribution in [0.15, 0.2) is 48.5 Å². The molecule has 0 spiro atoms. The lowest BCUT2D eigenvalue weighted by Gasteiger charge is -2.12. The van der Waals surface area contributed by atoms with Crippen LogP contribution in [0.2, 0.25) is 0 Å². The van der Waals surface area contributed by atoms with Crippen molar-refractivity contribution in [3.63, 3.8) is 0 Å². The second-order valence-corrected chi connectivity index (χ2v) is 6.28. The predicted octanol–water partition coefficient (Wildman–Crippen LogP) is 3.26. The van der Waals surface area contributed by atoms with Crippen molar-refractivity contribution in [2.45, 2.75) is 25.5 Å². The number of ether oxygens (including phenoxy) is 2. The number of aromatic carboxylic acids is 1. The molecule has 0 radical (unpaired) electrons. The molecule has 7 nitrogen and oxygen atoms in total. The summed E-state index contributed by atoms with van der Waals surface area (Å²) in [6.07, 6.45) is 2.27. The van der Waals surface area contributed by atoms with Crippen LogP contribution in [0.4, 0.5) is 10.5 Å². The molecule has 0 aliphatic carbocycles. The first-order valence-electron chi connectivity index (χ1n) is 8.82. The van der Waals surface area contributed by atoms with Crippen molar-refractivity contribution in [3.05, 3.63) is 59.7 Å². The lowest BCUT2D eigenvalue weighted by molar-refractivity contribution is 0.0679. The summed E-state index contributed by atoms with van der Waals surface area (Å²) in [5.41, 5.74) is 1.68. The predicted molar refractivity (Wildman–Crippen MR) is 100 cm³/mol. The van der Waals surface area contributed by atoms with E-state index in [9.17, 15) is 9.59 Å². The van der Waals surface area contributed by atoms with Gasteiger partial charge in [-0.1, -0.05) is 12.1 Å². The summed E-state index contributed by atoms with van der Waals surface area (Å²) in [5.74, 6) is -0.245. The van der Waals surface area contributed by atoms with Gasteiger partial charge in [-0.05, 0) is 54.8 Å². The maximum Gasteiger partial charge on any atom is 0.335 e. The normalized spacial score (nSPS) is 15.9.